The predicted molar refractivity (Wildman–Crippen MR) is 70.9 cm³/mol. The molecule has 0 radical (unpaired) electrons. The zero-order valence-corrected chi connectivity index (χ0v) is 10.9. The first-order valence-electron chi connectivity index (χ1n) is 6.08. The van der Waals surface area contributed by atoms with E-state index in [1.165, 1.54) is 4.90 Å². The third-order valence-electron chi connectivity index (χ3n) is 3.16. The van der Waals surface area contributed by atoms with Gasteiger partial charge in [-0.3, -0.25) is 9.59 Å². The minimum absolute atomic E-state index is 0.121. The van der Waals surface area contributed by atoms with Gasteiger partial charge in [0.2, 0.25) is 5.91 Å². The van der Waals surface area contributed by atoms with Gasteiger partial charge in [-0.15, -0.1) is 0 Å². The first kappa shape index (κ1) is 13.4. The van der Waals surface area contributed by atoms with Crippen molar-refractivity contribution < 1.29 is 14.3 Å². The van der Waals surface area contributed by atoms with Gasteiger partial charge >= 0.3 is 0 Å². The first-order chi connectivity index (χ1) is 9.04. The van der Waals surface area contributed by atoms with Crippen LogP contribution in [0.3, 0.4) is 0 Å². The summed E-state index contributed by atoms with van der Waals surface area (Å²) in [6, 6.07) is 6.75. The molecular formula is C13H17N3O3. The lowest BCUT2D eigenvalue weighted by atomic mass is 10.1. The van der Waals surface area contributed by atoms with Crippen molar-refractivity contribution >= 4 is 17.5 Å². The highest BCUT2D eigenvalue weighted by atomic mass is 16.5. The summed E-state index contributed by atoms with van der Waals surface area (Å²) in [5.74, 6) is -0.205. The van der Waals surface area contributed by atoms with Crippen LogP contribution in [0.25, 0.3) is 0 Å². The highest BCUT2D eigenvalue weighted by Gasteiger charge is 2.33. The number of para-hydroxylation sites is 2. The van der Waals surface area contributed by atoms with Crippen molar-refractivity contribution in [2.75, 3.05) is 18.5 Å². The molecule has 0 fully saturated rings. The molecule has 1 aliphatic rings. The second-order valence-electron chi connectivity index (χ2n) is 4.44. The Kier molecular flexibility index (Phi) is 3.71. The lowest BCUT2D eigenvalue weighted by Crippen LogP contribution is -2.53. The summed E-state index contributed by atoms with van der Waals surface area (Å²) < 4.78 is 5.50. The normalized spacial score (nSPS) is 19.3. The zero-order valence-electron chi connectivity index (χ0n) is 10.9. The average Bonchev–Trinajstić information content (AvgIpc) is 2.44. The smallest absolute Gasteiger partial charge is 0.260 e. The number of hydrogen-bond acceptors (Lipinski definition) is 4. The first-order valence-corrected chi connectivity index (χ1v) is 6.08. The van der Waals surface area contributed by atoms with Crippen molar-refractivity contribution in [3.05, 3.63) is 24.3 Å². The molecule has 0 aromatic heterocycles. The van der Waals surface area contributed by atoms with Crippen molar-refractivity contribution in [1.29, 1.82) is 0 Å². The molecule has 1 aromatic rings. The van der Waals surface area contributed by atoms with Crippen molar-refractivity contribution in [2.24, 2.45) is 5.73 Å². The number of rotatable bonds is 3. The number of ether oxygens (including phenoxy) is 1. The minimum atomic E-state index is -0.817. The number of likely N-dealkylation sites (N-methyl/N-ethyl adjacent to an activating group) is 1. The summed E-state index contributed by atoms with van der Waals surface area (Å²) >= 11 is 0. The van der Waals surface area contributed by atoms with E-state index in [1.807, 2.05) is 6.07 Å². The summed E-state index contributed by atoms with van der Waals surface area (Å²) in [5, 5.41) is 2.89. The summed E-state index contributed by atoms with van der Waals surface area (Å²) in [5.41, 5.74) is 5.94. The lowest BCUT2D eigenvalue weighted by Gasteiger charge is -2.34. The van der Waals surface area contributed by atoms with Crippen molar-refractivity contribution in [3.8, 4) is 5.75 Å². The van der Waals surface area contributed by atoms with E-state index in [0.29, 0.717) is 11.4 Å². The molecule has 19 heavy (non-hydrogen) atoms. The van der Waals surface area contributed by atoms with Crippen LogP contribution in [0, 0.1) is 0 Å². The van der Waals surface area contributed by atoms with Gasteiger partial charge in [0, 0.05) is 0 Å². The molecule has 0 spiro atoms. The van der Waals surface area contributed by atoms with Crippen LogP contribution >= 0.6 is 0 Å². The third-order valence-corrected chi connectivity index (χ3v) is 3.16. The lowest BCUT2D eigenvalue weighted by molar-refractivity contribution is -0.125. The Morgan fingerprint density at radius 1 is 1.47 bits per heavy atom. The van der Waals surface area contributed by atoms with E-state index in [1.54, 1.807) is 32.2 Å². The van der Waals surface area contributed by atoms with E-state index in [4.69, 9.17) is 10.5 Å². The molecule has 2 unspecified atom stereocenters. The molecule has 2 atom stereocenters. The van der Waals surface area contributed by atoms with Gasteiger partial charge in [0.05, 0.1) is 18.3 Å². The Hall–Kier alpha value is -2.08. The van der Waals surface area contributed by atoms with Gasteiger partial charge in [0.25, 0.3) is 5.91 Å². The van der Waals surface area contributed by atoms with Crippen LogP contribution in [-0.2, 0) is 9.59 Å². The summed E-state index contributed by atoms with van der Waals surface area (Å²) in [6.45, 7) is 1.90. The van der Waals surface area contributed by atoms with E-state index in [0.717, 1.165) is 0 Å². The molecule has 102 valence electrons. The molecule has 0 bridgehead atoms. The highest BCUT2D eigenvalue weighted by Crippen LogP contribution is 2.33. The second-order valence-corrected chi connectivity index (χ2v) is 4.44. The number of anilines is 1. The zero-order chi connectivity index (χ0) is 14.0. The van der Waals surface area contributed by atoms with Crippen molar-refractivity contribution in [2.45, 2.75) is 19.1 Å². The Labute approximate surface area is 111 Å². The van der Waals surface area contributed by atoms with Crippen molar-refractivity contribution in [1.82, 2.24) is 5.32 Å². The molecule has 0 saturated heterocycles. The van der Waals surface area contributed by atoms with E-state index in [2.05, 4.69) is 5.32 Å². The standard InChI is InChI=1S/C13H17N3O3/c1-8(15-2)13(18)16-7-11(12(14)17)19-10-6-4-3-5-9(10)16/h3-6,8,11,15H,7H2,1-2H3,(H2,14,17). The maximum Gasteiger partial charge on any atom is 0.260 e. The average molecular weight is 263 g/mol. The molecule has 0 aliphatic carbocycles. The van der Waals surface area contributed by atoms with Crippen molar-refractivity contribution in [3.63, 3.8) is 0 Å². The van der Waals surface area contributed by atoms with Crippen LogP contribution in [-0.4, -0.2) is 37.6 Å². The van der Waals surface area contributed by atoms with Gasteiger partial charge in [-0.25, -0.2) is 0 Å². The molecule has 2 amide bonds. The highest BCUT2D eigenvalue weighted by molar-refractivity contribution is 5.99. The summed E-state index contributed by atoms with van der Waals surface area (Å²) in [6.07, 6.45) is -0.817. The summed E-state index contributed by atoms with van der Waals surface area (Å²) in [4.78, 5) is 25.2. The van der Waals surface area contributed by atoms with Gasteiger partial charge in [-0.1, -0.05) is 12.1 Å². The molecular weight excluding hydrogens is 246 g/mol. The van der Waals surface area contributed by atoms with Gasteiger partial charge < -0.3 is 20.7 Å². The van der Waals surface area contributed by atoms with Crippen LogP contribution in [0.15, 0.2) is 24.3 Å². The number of benzene rings is 1. The Balaban J connectivity index is 2.36. The number of fused-ring (bicyclic) bond motifs is 1. The molecule has 6 nitrogen and oxygen atoms in total. The Morgan fingerprint density at radius 2 is 2.16 bits per heavy atom. The molecule has 0 saturated carbocycles. The maximum absolute atomic E-state index is 12.3. The van der Waals surface area contributed by atoms with E-state index in [-0.39, 0.29) is 18.5 Å². The monoisotopic (exact) mass is 263 g/mol. The maximum atomic E-state index is 12.3. The van der Waals surface area contributed by atoms with Gasteiger partial charge in [0.1, 0.15) is 5.75 Å². The number of carbonyl (C=O) groups excluding carboxylic acids is 2. The van der Waals surface area contributed by atoms with E-state index in [9.17, 15) is 9.59 Å². The van der Waals surface area contributed by atoms with Crippen LogP contribution in [0.4, 0.5) is 5.69 Å². The molecule has 2 rings (SSSR count). The predicted octanol–water partition coefficient (Wildman–Crippen LogP) is -0.126. The molecule has 1 aromatic carbocycles. The fourth-order valence-electron chi connectivity index (χ4n) is 1.95. The van der Waals surface area contributed by atoms with Crippen LogP contribution < -0.4 is 20.7 Å². The molecule has 6 heteroatoms. The number of amides is 2. The number of hydrogen-bond donors (Lipinski definition) is 2. The summed E-state index contributed by atoms with van der Waals surface area (Å²) in [7, 11) is 1.71. The van der Waals surface area contributed by atoms with E-state index < -0.39 is 12.0 Å². The topological polar surface area (TPSA) is 84.7 Å². The molecule has 3 N–H and O–H groups in total. The SMILES string of the molecule is CNC(C)C(=O)N1CC(C(N)=O)Oc2ccccc21. The fraction of sp³-hybridized carbons (Fsp3) is 0.385. The number of nitrogens with two attached hydrogens (primary N) is 1. The number of nitrogens with zero attached hydrogens (tertiary/aromatic N) is 1. The van der Waals surface area contributed by atoms with Crippen LogP contribution in [0.1, 0.15) is 6.92 Å². The third kappa shape index (κ3) is 2.53. The van der Waals surface area contributed by atoms with E-state index >= 15 is 0 Å². The minimum Gasteiger partial charge on any atom is -0.477 e. The Morgan fingerprint density at radius 3 is 2.79 bits per heavy atom. The van der Waals surface area contributed by atoms with Gasteiger partial charge in [-0.05, 0) is 26.1 Å². The molecule has 1 aliphatic heterocycles. The number of nitrogens with one attached hydrogen (secondary N) is 1. The quantitative estimate of drug-likeness (QED) is 0.796. The number of primary amides is 1. The fourth-order valence-corrected chi connectivity index (χ4v) is 1.95. The van der Waals surface area contributed by atoms with Crippen LogP contribution in [0.5, 0.6) is 5.75 Å². The Bertz CT molecular complexity index is 504. The largest absolute Gasteiger partial charge is 0.477 e. The second kappa shape index (κ2) is 5.27. The van der Waals surface area contributed by atoms with Crippen LogP contribution in [0.2, 0.25) is 0 Å². The van der Waals surface area contributed by atoms with Gasteiger partial charge in [-0.2, -0.15) is 0 Å². The number of carbonyl (C=O) groups is 2. The van der Waals surface area contributed by atoms with Gasteiger partial charge in [0.15, 0.2) is 6.10 Å². The molecule has 1 heterocycles.